The van der Waals surface area contributed by atoms with E-state index < -0.39 is 8.07 Å². The van der Waals surface area contributed by atoms with E-state index in [9.17, 15) is 0 Å². The van der Waals surface area contributed by atoms with Crippen molar-refractivity contribution in [2.24, 2.45) is 0 Å². The molecule has 0 bridgehead atoms. The molecule has 0 saturated heterocycles. The van der Waals surface area contributed by atoms with Crippen LogP contribution in [0.3, 0.4) is 0 Å². The van der Waals surface area contributed by atoms with Gasteiger partial charge in [-0.3, -0.25) is 0 Å². The molecular formula is C42H28BrNOSi. The molecule has 0 N–H and O–H groups in total. The highest BCUT2D eigenvalue weighted by Gasteiger charge is 2.41. The van der Waals surface area contributed by atoms with Gasteiger partial charge in [0.25, 0.3) is 0 Å². The molecule has 0 amide bonds. The first kappa shape index (κ1) is 27.2. The summed E-state index contributed by atoms with van der Waals surface area (Å²) >= 11 is 3.68. The minimum absolute atomic E-state index is 0.919. The van der Waals surface area contributed by atoms with E-state index in [1.165, 1.54) is 31.6 Å². The molecule has 2 nitrogen and oxygen atoms in total. The van der Waals surface area contributed by atoms with Gasteiger partial charge in [0.1, 0.15) is 11.2 Å². The molecule has 0 aliphatic heterocycles. The van der Waals surface area contributed by atoms with Gasteiger partial charge in [-0.1, -0.05) is 137 Å². The van der Waals surface area contributed by atoms with Crippen molar-refractivity contribution in [3.8, 4) is 5.69 Å². The first-order valence-electron chi connectivity index (χ1n) is 15.5. The number of hydrogen-bond acceptors (Lipinski definition) is 1. The highest BCUT2D eigenvalue weighted by atomic mass is 79.9. The Morgan fingerprint density at radius 1 is 0.435 bits per heavy atom. The van der Waals surface area contributed by atoms with Gasteiger partial charge in [0.2, 0.25) is 0 Å². The number of halogens is 1. The summed E-state index contributed by atoms with van der Waals surface area (Å²) in [7, 11) is -2.64. The quantitative estimate of drug-likeness (QED) is 0.132. The number of furan rings is 1. The Labute approximate surface area is 276 Å². The topological polar surface area (TPSA) is 18.1 Å². The standard InChI is InChI=1S/C42H28BrNOSi/c43-29-19-23-33(24-20-29)46(31-11-3-1-4-12-31,32-13-5-2-6-14-32)34-25-21-30(22-26-34)44-38-17-9-7-16-37(38)41-39(44)28-27-36-35-15-8-10-18-40(35)45-42(36)41/h1-28H. The minimum Gasteiger partial charge on any atom is -0.455 e. The predicted molar refractivity (Wildman–Crippen MR) is 199 cm³/mol. The summed E-state index contributed by atoms with van der Waals surface area (Å²) in [6, 6.07) is 61.9. The first-order valence-corrected chi connectivity index (χ1v) is 18.3. The minimum atomic E-state index is -2.64. The van der Waals surface area contributed by atoms with Crippen molar-refractivity contribution >= 4 is 88.5 Å². The van der Waals surface area contributed by atoms with Gasteiger partial charge in [-0.05, 0) is 69.3 Å². The van der Waals surface area contributed by atoms with Gasteiger partial charge < -0.3 is 8.98 Å². The highest BCUT2D eigenvalue weighted by Crippen LogP contribution is 2.40. The van der Waals surface area contributed by atoms with Crippen molar-refractivity contribution in [3.05, 3.63) is 174 Å². The van der Waals surface area contributed by atoms with Gasteiger partial charge >= 0.3 is 0 Å². The molecular weight excluding hydrogens is 642 g/mol. The fraction of sp³-hybridized carbons (Fsp3) is 0. The third kappa shape index (κ3) is 4.00. The van der Waals surface area contributed by atoms with Crippen molar-refractivity contribution in [3.63, 3.8) is 0 Å². The maximum absolute atomic E-state index is 6.53. The summed E-state index contributed by atoms with van der Waals surface area (Å²) < 4.78 is 10.00. The third-order valence-corrected chi connectivity index (χ3v) is 14.8. The molecule has 4 heteroatoms. The molecule has 7 aromatic carbocycles. The van der Waals surface area contributed by atoms with E-state index in [0.717, 1.165) is 43.0 Å². The number of para-hydroxylation sites is 2. The second-order valence-electron chi connectivity index (χ2n) is 11.8. The SMILES string of the molecule is Brc1ccc([Si](c2ccccc2)(c2ccccc2)c2ccc(-n3c4ccccc4c4c5oc6ccccc6c5ccc43)cc2)cc1. The maximum atomic E-state index is 6.53. The van der Waals surface area contributed by atoms with Crippen LogP contribution in [0.15, 0.2) is 179 Å². The van der Waals surface area contributed by atoms with Gasteiger partial charge in [-0.15, -0.1) is 0 Å². The van der Waals surface area contributed by atoms with E-state index >= 15 is 0 Å². The number of nitrogens with zero attached hydrogens (tertiary/aromatic N) is 1. The monoisotopic (exact) mass is 669 g/mol. The zero-order chi connectivity index (χ0) is 30.7. The largest absolute Gasteiger partial charge is 0.455 e. The van der Waals surface area contributed by atoms with Crippen molar-refractivity contribution < 1.29 is 4.42 Å². The van der Waals surface area contributed by atoms with Gasteiger partial charge in [-0.2, -0.15) is 0 Å². The van der Waals surface area contributed by atoms with Crippen LogP contribution in [0.25, 0.3) is 49.4 Å². The lowest BCUT2D eigenvalue weighted by Crippen LogP contribution is -2.74. The van der Waals surface area contributed by atoms with Gasteiger partial charge in [0, 0.05) is 26.3 Å². The van der Waals surface area contributed by atoms with Crippen LogP contribution in [-0.4, -0.2) is 12.6 Å². The Morgan fingerprint density at radius 2 is 0.978 bits per heavy atom. The summed E-state index contributed by atoms with van der Waals surface area (Å²) in [5, 5.41) is 10.1. The first-order chi connectivity index (χ1) is 22.7. The second kappa shape index (κ2) is 10.7. The smallest absolute Gasteiger partial charge is 0.179 e. The van der Waals surface area contributed by atoms with E-state index in [1.807, 2.05) is 6.07 Å². The van der Waals surface area contributed by atoms with Crippen molar-refractivity contribution in [1.29, 1.82) is 0 Å². The molecule has 9 rings (SSSR count). The molecule has 46 heavy (non-hydrogen) atoms. The Morgan fingerprint density at radius 3 is 1.65 bits per heavy atom. The molecule has 0 fully saturated rings. The average Bonchev–Trinajstić information content (AvgIpc) is 3.67. The van der Waals surface area contributed by atoms with Crippen LogP contribution >= 0.6 is 15.9 Å². The summed E-state index contributed by atoms with van der Waals surface area (Å²) in [5.74, 6) is 0. The van der Waals surface area contributed by atoms with Crippen molar-refractivity contribution in [1.82, 2.24) is 4.57 Å². The van der Waals surface area contributed by atoms with E-state index in [1.54, 1.807) is 0 Å². The molecule has 0 aliphatic carbocycles. The van der Waals surface area contributed by atoms with Crippen molar-refractivity contribution in [2.45, 2.75) is 0 Å². The summed E-state index contributed by atoms with van der Waals surface area (Å²) in [6.45, 7) is 0. The zero-order valence-corrected chi connectivity index (χ0v) is 27.5. The number of fused-ring (bicyclic) bond motifs is 7. The van der Waals surface area contributed by atoms with E-state index in [2.05, 4.69) is 184 Å². The zero-order valence-electron chi connectivity index (χ0n) is 24.9. The highest BCUT2D eigenvalue weighted by molar-refractivity contribution is 9.10. The summed E-state index contributed by atoms with van der Waals surface area (Å²) in [6.07, 6.45) is 0. The van der Waals surface area contributed by atoms with E-state index in [4.69, 9.17) is 4.42 Å². The summed E-state index contributed by atoms with van der Waals surface area (Å²) in [5.41, 5.74) is 5.30. The Kier molecular flexibility index (Phi) is 6.34. The van der Waals surface area contributed by atoms with Gasteiger partial charge in [0.05, 0.1) is 16.4 Å². The molecule has 2 heterocycles. The number of rotatable bonds is 5. The summed E-state index contributed by atoms with van der Waals surface area (Å²) in [4.78, 5) is 0. The van der Waals surface area contributed by atoms with Gasteiger partial charge in [-0.25, -0.2) is 0 Å². The van der Waals surface area contributed by atoms with E-state index in [-0.39, 0.29) is 0 Å². The molecule has 0 saturated carbocycles. The normalized spacial score (nSPS) is 12.0. The molecule has 9 aromatic rings. The maximum Gasteiger partial charge on any atom is 0.179 e. The molecule has 0 spiro atoms. The van der Waals surface area contributed by atoms with E-state index in [0.29, 0.717) is 0 Å². The molecule has 0 radical (unpaired) electrons. The van der Waals surface area contributed by atoms with Crippen LogP contribution in [0.2, 0.25) is 0 Å². The Bertz CT molecular complexity index is 2480. The Hall–Kier alpha value is -5.16. The van der Waals surface area contributed by atoms with Crippen molar-refractivity contribution in [2.75, 3.05) is 0 Å². The van der Waals surface area contributed by atoms with Crippen LogP contribution in [-0.2, 0) is 0 Å². The lowest BCUT2D eigenvalue weighted by molar-refractivity contribution is 0.673. The fourth-order valence-electron chi connectivity index (χ4n) is 7.45. The van der Waals surface area contributed by atoms with Crippen LogP contribution < -0.4 is 20.7 Å². The number of aromatic nitrogens is 1. The predicted octanol–water partition coefficient (Wildman–Crippen LogP) is 8.82. The number of hydrogen-bond donors (Lipinski definition) is 0. The molecule has 0 atom stereocenters. The lowest BCUT2D eigenvalue weighted by atomic mass is 10.1. The van der Waals surface area contributed by atoms with Crippen LogP contribution in [0.4, 0.5) is 0 Å². The third-order valence-electron chi connectivity index (χ3n) is 9.43. The fourth-order valence-corrected chi connectivity index (χ4v) is 12.4. The van der Waals surface area contributed by atoms with Gasteiger partial charge in [0.15, 0.2) is 8.07 Å². The lowest BCUT2D eigenvalue weighted by Gasteiger charge is -2.34. The molecule has 0 unspecified atom stereocenters. The Balaban J connectivity index is 1.30. The number of benzene rings is 7. The molecule has 218 valence electrons. The van der Waals surface area contributed by atoms with Crippen LogP contribution in [0, 0.1) is 0 Å². The molecule has 2 aromatic heterocycles. The second-order valence-corrected chi connectivity index (χ2v) is 16.5. The average molecular weight is 671 g/mol. The van der Waals surface area contributed by atoms with Crippen LogP contribution in [0.5, 0.6) is 0 Å². The molecule has 0 aliphatic rings. The van der Waals surface area contributed by atoms with Crippen LogP contribution in [0.1, 0.15) is 0 Å².